The molecule has 2 heterocycles. The summed E-state index contributed by atoms with van der Waals surface area (Å²) in [5.74, 6) is 0.328. The van der Waals surface area contributed by atoms with Gasteiger partial charge < -0.3 is 10.1 Å². The van der Waals surface area contributed by atoms with Crippen LogP contribution in [0.5, 0.6) is 5.75 Å². The Bertz CT molecular complexity index is 1350. The number of aromatic nitrogens is 4. The first-order chi connectivity index (χ1) is 15.3. The predicted molar refractivity (Wildman–Crippen MR) is 123 cm³/mol. The molecule has 2 aromatic carbocycles. The van der Waals surface area contributed by atoms with Gasteiger partial charge in [-0.05, 0) is 56.3 Å². The van der Waals surface area contributed by atoms with Crippen LogP contribution in [0.4, 0.5) is 5.69 Å². The first-order valence-corrected chi connectivity index (χ1v) is 10.5. The number of nitrogens with zero attached hydrogens (tertiary/aromatic N) is 4. The van der Waals surface area contributed by atoms with Gasteiger partial charge in [0.15, 0.2) is 0 Å². The number of carbonyl (C=O) groups excluding carboxylic acids is 1. The molecule has 0 unspecified atom stereocenters. The molecule has 0 aliphatic carbocycles. The van der Waals surface area contributed by atoms with Crippen molar-refractivity contribution in [2.45, 2.75) is 26.5 Å². The summed E-state index contributed by atoms with van der Waals surface area (Å²) in [6, 6.07) is 12.8. The minimum atomic E-state index is -0.342. The van der Waals surface area contributed by atoms with Crippen molar-refractivity contribution in [3.05, 3.63) is 86.5 Å². The molecule has 0 fully saturated rings. The molecule has 1 amide bonds. The molecular weight excluding hydrogens is 453 g/mol. The van der Waals surface area contributed by atoms with Crippen molar-refractivity contribution in [1.82, 2.24) is 19.2 Å². The van der Waals surface area contributed by atoms with Gasteiger partial charge in [0, 0.05) is 27.7 Å². The summed E-state index contributed by atoms with van der Waals surface area (Å²) >= 11 is 12.0. The fourth-order valence-corrected chi connectivity index (χ4v) is 3.38. The van der Waals surface area contributed by atoms with E-state index in [9.17, 15) is 9.59 Å². The Kier molecular flexibility index (Phi) is 6.16. The Morgan fingerprint density at radius 2 is 1.81 bits per heavy atom. The van der Waals surface area contributed by atoms with Gasteiger partial charge in [0.05, 0.1) is 11.4 Å². The summed E-state index contributed by atoms with van der Waals surface area (Å²) in [6.07, 6.45) is 1.57. The van der Waals surface area contributed by atoms with Crippen molar-refractivity contribution in [2.75, 3.05) is 5.32 Å². The zero-order valence-electron chi connectivity index (χ0n) is 17.3. The zero-order chi connectivity index (χ0) is 22.8. The number of ether oxygens (including phenoxy) is 1. The minimum absolute atomic E-state index is 0.00568. The SMILES string of the molecule is CC(C)n1cnc2nc(COc3ccc(Cl)cc3NC(=O)c3ccc(Cl)cc3)cc(=O)n21. The van der Waals surface area contributed by atoms with Crippen molar-refractivity contribution >= 4 is 40.6 Å². The van der Waals surface area contributed by atoms with E-state index in [1.54, 1.807) is 53.5 Å². The number of amides is 1. The van der Waals surface area contributed by atoms with E-state index < -0.39 is 0 Å². The van der Waals surface area contributed by atoms with Gasteiger partial charge in [-0.1, -0.05) is 23.2 Å². The maximum absolute atomic E-state index is 12.6. The predicted octanol–water partition coefficient (Wildman–Crippen LogP) is 4.61. The number of anilines is 1. The molecule has 1 N–H and O–H groups in total. The molecule has 0 saturated carbocycles. The van der Waals surface area contributed by atoms with Crippen LogP contribution in [0.3, 0.4) is 0 Å². The molecule has 0 saturated heterocycles. The van der Waals surface area contributed by atoms with Gasteiger partial charge in [0.25, 0.3) is 17.2 Å². The third kappa shape index (κ3) is 4.61. The minimum Gasteiger partial charge on any atom is -0.485 e. The van der Waals surface area contributed by atoms with Crippen molar-refractivity contribution in [3.63, 3.8) is 0 Å². The molecule has 2 aromatic heterocycles. The van der Waals surface area contributed by atoms with Crippen LogP contribution in [0.25, 0.3) is 5.78 Å². The number of carbonyl (C=O) groups is 1. The normalized spacial score (nSPS) is 11.2. The second kappa shape index (κ2) is 9.02. The van der Waals surface area contributed by atoms with Crippen LogP contribution in [0.15, 0.2) is 59.7 Å². The average molecular weight is 472 g/mol. The summed E-state index contributed by atoms with van der Waals surface area (Å²) in [6.45, 7) is 3.90. The standard InChI is InChI=1S/C22H19Cl2N5O3/c1-13(2)28-12-25-22-26-17(10-20(30)29(22)28)11-32-19-8-7-16(24)9-18(19)27-21(31)14-3-5-15(23)6-4-14/h3-10,12-13H,11H2,1-2H3,(H,27,31). The van der Waals surface area contributed by atoms with Gasteiger partial charge >= 0.3 is 0 Å². The maximum Gasteiger partial charge on any atom is 0.274 e. The lowest BCUT2D eigenvalue weighted by atomic mass is 10.2. The number of fused-ring (bicyclic) bond motifs is 1. The molecule has 0 spiro atoms. The highest BCUT2D eigenvalue weighted by molar-refractivity contribution is 6.31. The molecule has 4 aromatic rings. The van der Waals surface area contributed by atoms with E-state index in [4.69, 9.17) is 27.9 Å². The van der Waals surface area contributed by atoms with E-state index in [0.29, 0.717) is 32.7 Å². The van der Waals surface area contributed by atoms with E-state index in [1.807, 2.05) is 13.8 Å². The topological polar surface area (TPSA) is 90.5 Å². The first kappa shape index (κ1) is 21.9. The zero-order valence-corrected chi connectivity index (χ0v) is 18.8. The summed E-state index contributed by atoms with van der Waals surface area (Å²) in [5.41, 5.74) is 0.974. The summed E-state index contributed by atoms with van der Waals surface area (Å²) in [7, 11) is 0. The molecule has 0 radical (unpaired) electrons. The molecule has 8 nitrogen and oxygen atoms in total. The highest BCUT2D eigenvalue weighted by atomic mass is 35.5. The van der Waals surface area contributed by atoms with Crippen LogP contribution in [0.2, 0.25) is 10.0 Å². The molecule has 0 bridgehead atoms. The molecule has 0 atom stereocenters. The van der Waals surface area contributed by atoms with Crippen molar-refractivity contribution in [2.24, 2.45) is 0 Å². The number of halogens is 2. The van der Waals surface area contributed by atoms with Gasteiger partial charge in [0.1, 0.15) is 18.7 Å². The second-order valence-electron chi connectivity index (χ2n) is 7.31. The maximum atomic E-state index is 12.6. The fraction of sp³-hybridized carbons (Fsp3) is 0.182. The molecule has 32 heavy (non-hydrogen) atoms. The van der Waals surface area contributed by atoms with E-state index in [0.717, 1.165) is 0 Å². The first-order valence-electron chi connectivity index (χ1n) is 9.77. The third-order valence-corrected chi connectivity index (χ3v) is 5.14. The third-order valence-electron chi connectivity index (χ3n) is 4.66. The van der Waals surface area contributed by atoms with Crippen LogP contribution >= 0.6 is 23.2 Å². The average Bonchev–Trinajstić information content (AvgIpc) is 3.18. The Morgan fingerprint density at radius 3 is 2.53 bits per heavy atom. The molecular formula is C22H19Cl2N5O3. The Labute approximate surface area is 193 Å². The van der Waals surface area contributed by atoms with Gasteiger partial charge in [-0.3, -0.25) is 14.3 Å². The Hall–Kier alpha value is -3.36. The summed E-state index contributed by atoms with van der Waals surface area (Å²) in [4.78, 5) is 33.7. The molecule has 10 heteroatoms. The molecule has 164 valence electrons. The lowest BCUT2D eigenvalue weighted by Crippen LogP contribution is -2.23. The highest BCUT2D eigenvalue weighted by Gasteiger charge is 2.14. The van der Waals surface area contributed by atoms with Gasteiger partial charge in [-0.15, -0.1) is 0 Å². The van der Waals surface area contributed by atoms with Crippen LogP contribution in [0, 0.1) is 0 Å². The number of benzene rings is 2. The quantitative estimate of drug-likeness (QED) is 0.443. The number of hydrogen-bond donors (Lipinski definition) is 1. The molecule has 4 rings (SSSR count). The van der Waals surface area contributed by atoms with Gasteiger partial charge in [-0.25, -0.2) is 4.98 Å². The number of rotatable bonds is 6. The van der Waals surface area contributed by atoms with E-state index in [-0.39, 0.29) is 29.9 Å². The Balaban J connectivity index is 1.55. The largest absolute Gasteiger partial charge is 0.485 e. The monoisotopic (exact) mass is 471 g/mol. The van der Waals surface area contributed by atoms with E-state index in [1.165, 1.54) is 10.6 Å². The highest BCUT2D eigenvalue weighted by Crippen LogP contribution is 2.29. The Morgan fingerprint density at radius 1 is 1.09 bits per heavy atom. The van der Waals surface area contributed by atoms with Crippen LogP contribution in [0.1, 0.15) is 35.9 Å². The smallest absolute Gasteiger partial charge is 0.274 e. The second-order valence-corrected chi connectivity index (χ2v) is 8.18. The van der Waals surface area contributed by atoms with Crippen LogP contribution in [-0.2, 0) is 6.61 Å². The lowest BCUT2D eigenvalue weighted by molar-refractivity contribution is 0.102. The summed E-state index contributed by atoms with van der Waals surface area (Å²) in [5, 5.41) is 3.75. The fourth-order valence-electron chi connectivity index (χ4n) is 3.08. The van der Waals surface area contributed by atoms with Crippen molar-refractivity contribution < 1.29 is 9.53 Å². The number of nitrogens with one attached hydrogen (secondary N) is 1. The van der Waals surface area contributed by atoms with Crippen molar-refractivity contribution in [3.8, 4) is 5.75 Å². The van der Waals surface area contributed by atoms with E-state index in [2.05, 4.69) is 15.3 Å². The molecule has 0 aliphatic rings. The lowest BCUT2D eigenvalue weighted by Gasteiger charge is -2.13. The van der Waals surface area contributed by atoms with E-state index >= 15 is 0 Å². The van der Waals surface area contributed by atoms with Crippen molar-refractivity contribution in [1.29, 1.82) is 0 Å². The summed E-state index contributed by atoms with van der Waals surface area (Å²) < 4.78 is 8.97. The van der Waals surface area contributed by atoms with Crippen LogP contribution < -0.4 is 15.6 Å². The molecule has 0 aliphatic heterocycles. The van der Waals surface area contributed by atoms with Gasteiger partial charge in [-0.2, -0.15) is 9.50 Å². The van der Waals surface area contributed by atoms with Crippen LogP contribution in [-0.4, -0.2) is 25.1 Å². The number of hydrogen-bond acceptors (Lipinski definition) is 5. The van der Waals surface area contributed by atoms with Gasteiger partial charge in [0.2, 0.25) is 0 Å².